The van der Waals surface area contributed by atoms with Crippen molar-refractivity contribution >= 4 is 34.3 Å². The maximum Gasteiger partial charge on any atom is 0.210 e. The molecule has 0 aliphatic rings. The fourth-order valence-corrected chi connectivity index (χ4v) is 2.83. The molecule has 0 spiro atoms. The van der Waals surface area contributed by atoms with E-state index in [1.165, 1.54) is 5.56 Å². The van der Waals surface area contributed by atoms with E-state index in [9.17, 15) is 0 Å². The number of nitrogens with zero attached hydrogens (tertiary/aromatic N) is 2. The van der Waals surface area contributed by atoms with Gasteiger partial charge in [0.15, 0.2) is 5.11 Å². The van der Waals surface area contributed by atoms with Crippen LogP contribution in [0.3, 0.4) is 0 Å². The van der Waals surface area contributed by atoms with Crippen LogP contribution in [0.15, 0.2) is 48.5 Å². The molecule has 1 aromatic heterocycles. The molecule has 5 nitrogen and oxygen atoms in total. The number of ether oxygens (including phenoxy) is 1. The van der Waals surface area contributed by atoms with Crippen LogP contribution in [-0.4, -0.2) is 28.7 Å². The van der Waals surface area contributed by atoms with Crippen LogP contribution >= 0.6 is 12.2 Å². The summed E-state index contributed by atoms with van der Waals surface area (Å²) in [4.78, 5) is 9.68. The summed E-state index contributed by atoms with van der Waals surface area (Å²) in [6, 6.07) is 16.0. The summed E-state index contributed by atoms with van der Waals surface area (Å²) in [6.07, 6.45) is 1.82. The molecule has 0 fully saturated rings. The van der Waals surface area contributed by atoms with Gasteiger partial charge in [-0.3, -0.25) is 4.90 Å². The van der Waals surface area contributed by atoms with Crippen molar-refractivity contribution in [2.45, 2.75) is 12.8 Å². The molecule has 0 atom stereocenters. The van der Waals surface area contributed by atoms with Crippen LogP contribution in [0.1, 0.15) is 12.0 Å². The van der Waals surface area contributed by atoms with Gasteiger partial charge in [0.05, 0.1) is 18.1 Å². The van der Waals surface area contributed by atoms with Gasteiger partial charge in [-0.15, -0.1) is 0 Å². The molecule has 2 aromatic carbocycles. The van der Waals surface area contributed by atoms with Crippen molar-refractivity contribution in [3.8, 4) is 5.75 Å². The summed E-state index contributed by atoms with van der Waals surface area (Å²) in [6.45, 7) is 0.701. The zero-order valence-electron chi connectivity index (χ0n) is 13.5. The van der Waals surface area contributed by atoms with E-state index in [1.807, 2.05) is 47.4 Å². The Balaban J connectivity index is 1.69. The second-order valence-electron chi connectivity index (χ2n) is 5.52. The van der Waals surface area contributed by atoms with E-state index < -0.39 is 0 Å². The number of rotatable bonds is 6. The number of aromatic amines is 1. The first-order valence-electron chi connectivity index (χ1n) is 7.82. The smallest absolute Gasteiger partial charge is 0.210 e. The van der Waals surface area contributed by atoms with Crippen LogP contribution in [0.5, 0.6) is 5.75 Å². The Morgan fingerprint density at radius 3 is 2.83 bits per heavy atom. The number of imidazole rings is 1. The van der Waals surface area contributed by atoms with E-state index in [-0.39, 0.29) is 0 Å². The van der Waals surface area contributed by atoms with Crippen molar-refractivity contribution in [1.29, 1.82) is 0 Å². The van der Waals surface area contributed by atoms with Crippen molar-refractivity contribution in [2.75, 3.05) is 18.6 Å². The van der Waals surface area contributed by atoms with Crippen LogP contribution in [0.2, 0.25) is 0 Å². The lowest BCUT2D eigenvalue weighted by Gasteiger charge is -2.19. The van der Waals surface area contributed by atoms with E-state index in [0.717, 1.165) is 29.6 Å². The molecule has 0 saturated carbocycles. The number of benzene rings is 2. The first-order chi connectivity index (χ1) is 11.7. The molecule has 1 heterocycles. The van der Waals surface area contributed by atoms with Gasteiger partial charge in [0.1, 0.15) is 5.75 Å². The average Bonchev–Trinajstić information content (AvgIpc) is 3.02. The number of fused-ring (bicyclic) bond motifs is 1. The minimum atomic E-state index is 0.319. The SMILES string of the molecule is COc1cccc(CCCN(C(N)=S)c2nc3ccccc3[nH]2)c1. The van der Waals surface area contributed by atoms with Crippen molar-refractivity contribution in [1.82, 2.24) is 9.97 Å². The normalized spacial score (nSPS) is 10.7. The summed E-state index contributed by atoms with van der Waals surface area (Å²) in [7, 11) is 1.68. The quantitative estimate of drug-likeness (QED) is 0.674. The largest absolute Gasteiger partial charge is 0.497 e. The Bertz CT molecular complexity index is 813. The lowest BCUT2D eigenvalue weighted by Crippen LogP contribution is -2.37. The molecule has 3 aromatic rings. The van der Waals surface area contributed by atoms with Crippen molar-refractivity contribution < 1.29 is 4.74 Å². The van der Waals surface area contributed by atoms with Gasteiger partial charge in [0, 0.05) is 6.54 Å². The van der Waals surface area contributed by atoms with Crippen molar-refractivity contribution in [3.63, 3.8) is 0 Å². The molecule has 0 bridgehead atoms. The molecule has 0 saturated heterocycles. The van der Waals surface area contributed by atoms with Gasteiger partial charge >= 0.3 is 0 Å². The van der Waals surface area contributed by atoms with Gasteiger partial charge in [0.25, 0.3) is 0 Å². The average molecular weight is 340 g/mol. The number of nitrogens with one attached hydrogen (secondary N) is 1. The predicted octanol–water partition coefficient (Wildman–Crippen LogP) is 3.25. The van der Waals surface area contributed by atoms with Crippen LogP contribution < -0.4 is 15.4 Å². The fraction of sp³-hybridized carbons (Fsp3) is 0.222. The zero-order chi connectivity index (χ0) is 16.9. The highest BCUT2D eigenvalue weighted by Crippen LogP contribution is 2.18. The summed E-state index contributed by atoms with van der Waals surface area (Å²) in [5.41, 5.74) is 8.99. The van der Waals surface area contributed by atoms with Crippen LogP contribution in [0.4, 0.5) is 5.95 Å². The Hall–Kier alpha value is -2.60. The number of nitrogens with two attached hydrogens (primary N) is 1. The molecule has 0 radical (unpaired) electrons. The lowest BCUT2D eigenvalue weighted by atomic mass is 10.1. The maximum absolute atomic E-state index is 5.89. The van der Waals surface area contributed by atoms with Crippen molar-refractivity contribution in [2.24, 2.45) is 5.73 Å². The third kappa shape index (κ3) is 3.65. The Kier molecular flexibility index (Phi) is 4.96. The Morgan fingerprint density at radius 1 is 1.25 bits per heavy atom. The molecular formula is C18H20N4OS. The number of para-hydroxylation sites is 2. The monoisotopic (exact) mass is 340 g/mol. The third-order valence-corrected chi connectivity index (χ3v) is 4.10. The maximum atomic E-state index is 5.89. The number of H-pyrrole nitrogens is 1. The first kappa shape index (κ1) is 16.3. The van der Waals surface area contributed by atoms with Gasteiger partial charge in [0.2, 0.25) is 5.95 Å². The predicted molar refractivity (Wildman–Crippen MR) is 102 cm³/mol. The van der Waals surface area contributed by atoms with E-state index in [4.69, 9.17) is 22.7 Å². The number of thiocarbonyl (C=S) groups is 1. The number of methoxy groups -OCH3 is 1. The van der Waals surface area contributed by atoms with E-state index in [0.29, 0.717) is 17.6 Å². The standard InChI is InChI=1S/C18H20N4OS/c1-23-14-8-4-6-13(12-14)7-5-11-22(17(19)24)18-20-15-9-2-3-10-16(15)21-18/h2-4,6,8-10,12H,5,7,11H2,1H3,(H2,19,24)(H,20,21). The highest BCUT2D eigenvalue weighted by atomic mass is 32.1. The van der Waals surface area contributed by atoms with E-state index >= 15 is 0 Å². The van der Waals surface area contributed by atoms with Crippen LogP contribution in [-0.2, 0) is 6.42 Å². The van der Waals surface area contributed by atoms with E-state index in [1.54, 1.807) is 7.11 Å². The van der Waals surface area contributed by atoms with Gasteiger partial charge in [-0.2, -0.15) is 0 Å². The minimum Gasteiger partial charge on any atom is -0.497 e. The van der Waals surface area contributed by atoms with Gasteiger partial charge in [-0.1, -0.05) is 24.3 Å². The highest BCUT2D eigenvalue weighted by Gasteiger charge is 2.13. The second-order valence-corrected chi connectivity index (χ2v) is 5.94. The highest BCUT2D eigenvalue weighted by molar-refractivity contribution is 7.80. The minimum absolute atomic E-state index is 0.319. The summed E-state index contributed by atoms with van der Waals surface area (Å²) in [5.74, 6) is 1.56. The van der Waals surface area contributed by atoms with Gasteiger partial charge in [-0.05, 0) is 54.9 Å². The molecule has 3 rings (SSSR count). The number of aryl methyl sites for hydroxylation is 1. The second kappa shape index (κ2) is 7.31. The first-order valence-corrected chi connectivity index (χ1v) is 8.23. The number of anilines is 1. The third-order valence-electron chi connectivity index (χ3n) is 3.88. The Labute approximate surface area is 146 Å². The molecule has 0 amide bonds. The Morgan fingerprint density at radius 2 is 2.08 bits per heavy atom. The van der Waals surface area contributed by atoms with Crippen molar-refractivity contribution in [3.05, 3.63) is 54.1 Å². The molecule has 124 valence electrons. The summed E-state index contributed by atoms with van der Waals surface area (Å²) in [5, 5.41) is 0.319. The number of aromatic nitrogens is 2. The van der Waals surface area contributed by atoms with E-state index in [2.05, 4.69) is 16.0 Å². The van der Waals surface area contributed by atoms with Gasteiger partial charge < -0.3 is 15.5 Å². The van der Waals surface area contributed by atoms with Crippen LogP contribution in [0, 0.1) is 0 Å². The molecular weight excluding hydrogens is 320 g/mol. The zero-order valence-corrected chi connectivity index (χ0v) is 14.3. The molecule has 0 unspecified atom stereocenters. The summed E-state index contributed by atoms with van der Waals surface area (Å²) >= 11 is 5.20. The molecule has 24 heavy (non-hydrogen) atoms. The molecule has 0 aliphatic carbocycles. The number of hydrogen-bond donors (Lipinski definition) is 2. The fourth-order valence-electron chi connectivity index (χ4n) is 2.66. The summed E-state index contributed by atoms with van der Waals surface area (Å²) < 4.78 is 5.26. The number of hydrogen-bond acceptors (Lipinski definition) is 3. The molecule has 0 aliphatic heterocycles. The topological polar surface area (TPSA) is 67.2 Å². The molecule has 3 N–H and O–H groups in total. The molecule has 6 heteroatoms. The lowest BCUT2D eigenvalue weighted by molar-refractivity contribution is 0.414. The van der Waals surface area contributed by atoms with Gasteiger partial charge in [-0.25, -0.2) is 4.98 Å². The van der Waals surface area contributed by atoms with Crippen LogP contribution in [0.25, 0.3) is 11.0 Å².